The highest BCUT2D eigenvalue weighted by atomic mass is 16.8. The molecule has 2 aromatic heterocycles. The van der Waals surface area contributed by atoms with Crippen LogP contribution < -0.4 is 16.0 Å². The first-order valence-corrected chi connectivity index (χ1v) is 12.5. The lowest BCUT2D eigenvalue weighted by Crippen LogP contribution is -2.36. The van der Waals surface area contributed by atoms with Gasteiger partial charge < -0.3 is 34.7 Å². The SMILES string of the molecule is CCNC(=O)Nc1ncnc2c1ncn2C1OC(COC(=O)NCC(=O)O)C2O[C@H](/C=C/c3ccccc3)OC21. The van der Waals surface area contributed by atoms with Crippen molar-refractivity contribution < 1.29 is 38.4 Å². The number of alkyl carbamates (subject to hydrolysis) is 1. The van der Waals surface area contributed by atoms with Crippen LogP contribution in [0, 0.1) is 0 Å². The van der Waals surface area contributed by atoms with Crippen LogP contribution in [0.2, 0.25) is 0 Å². The largest absolute Gasteiger partial charge is 0.480 e. The summed E-state index contributed by atoms with van der Waals surface area (Å²) in [5.41, 5.74) is 1.67. The minimum atomic E-state index is -1.20. The number of carbonyl (C=O) groups excluding carboxylic acids is 2. The highest BCUT2D eigenvalue weighted by Gasteiger charge is 2.53. The van der Waals surface area contributed by atoms with Crippen molar-refractivity contribution in [3.05, 3.63) is 54.6 Å². The Balaban J connectivity index is 1.37. The number of aromatic nitrogens is 4. The van der Waals surface area contributed by atoms with Crippen molar-refractivity contribution in [3.8, 4) is 0 Å². The molecule has 210 valence electrons. The van der Waals surface area contributed by atoms with Crippen molar-refractivity contribution in [2.45, 2.75) is 37.8 Å². The van der Waals surface area contributed by atoms with E-state index in [0.717, 1.165) is 5.56 Å². The molecule has 40 heavy (non-hydrogen) atoms. The molecular formula is C25H27N7O8. The van der Waals surface area contributed by atoms with E-state index in [-0.39, 0.29) is 12.4 Å². The maximum atomic E-state index is 12.1. The van der Waals surface area contributed by atoms with Crippen LogP contribution in [0.5, 0.6) is 0 Å². The summed E-state index contributed by atoms with van der Waals surface area (Å²) < 4.78 is 25.3. The average molecular weight is 554 g/mol. The Bertz CT molecular complexity index is 1400. The predicted octanol–water partition coefficient (Wildman–Crippen LogP) is 1.50. The summed E-state index contributed by atoms with van der Waals surface area (Å²) >= 11 is 0. The third-order valence-corrected chi connectivity index (χ3v) is 6.08. The van der Waals surface area contributed by atoms with Gasteiger partial charge in [0.25, 0.3) is 0 Å². The second-order valence-corrected chi connectivity index (χ2v) is 8.78. The van der Waals surface area contributed by atoms with Crippen LogP contribution in [0.3, 0.4) is 0 Å². The lowest BCUT2D eigenvalue weighted by molar-refractivity contribution is -0.136. The smallest absolute Gasteiger partial charge is 0.407 e. The molecule has 2 saturated heterocycles. The van der Waals surface area contributed by atoms with Gasteiger partial charge in [-0.15, -0.1) is 0 Å². The summed E-state index contributed by atoms with van der Waals surface area (Å²) in [7, 11) is 0. The molecule has 4 heterocycles. The van der Waals surface area contributed by atoms with Gasteiger partial charge in [0.05, 0.1) is 6.33 Å². The van der Waals surface area contributed by atoms with Crippen molar-refractivity contribution in [1.82, 2.24) is 30.2 Å². The van der Waals surface area contributed by atoms with Gasteiger partial charge in [-0.1, -0.05) is 36.4 Å². The lowest BCUT2D eigenvalue weighted by Gasteiger charge is -2.20. The van der Waals surface area contributed by atoms with Gasteiger partial charge in [0, 0.05) is 6.54 Å². The van der Waals surface area contributed by atoms with E-state index >= 15 is 0 Å². The van der Waals surface area contributed by atoms with E-state index in [9.17, 15) is 14.4 Å². The fraction of sp³-hybridized carbons (Fsp3) is 0.360. The number of carbonyl (C=O) groups is 3. The maximum absolute atomic E-state index is 12.1. The van der Waals surface area contributed by atoms with Crippen LogP contribution in [0.15, 0.2) is 49.1 Å². The zero-order valence-corrected chi connectivity index (χ0v) is 21.3. The van der Waals surface area contributed by atoms with E-state index < -0.39 is 55.5 Å². The minimum Gasteiger partial charge on any atom is -0.480 e. The molecule has 4 unspecified atom stereocenters. The van der Waals surface area contributed by atoms with Crippen molar-refractivity contribution in [2.75, 3.05) is 25.0 Å². The summed E-state index contributed by atoms with van der Waals surface area (Å²) in [6, 6.07) is 9.19. The quantitative estimate of drug-likeness (QED) is 0.301. The summed E-state index contributed by atoms with van der Waals surface area (Å²) in [5.74, 6) is -0.990. The van der Waals surface area contributed by atoms with Crippen molar-refractivity contribution in [1.29, 1.82) is 0 Å². The zero-order valence-electron chi connectivity index (χ0n) is 21.3. The highest BCUT2D eigenvalue weighted by molar-refractivity contribution is 5.95. The number of benzene rings is 1. The Hall–Kier alpha value is -4.60. The number of urea groups is 1. The topological polar surface area (TPSA) is 188 Å². The molecule has 2 fully saturated rings. The van der Waals surface area contributed by atoms with Gasteiger partial charge in [0.2, 0.25) is 0 Å². The van der Waals surface area contributed by atoms with Crippen LogP contribution in [-0.4, -0.2) is 87.0 Å². The number of nitrogens with zero attached hydrogens (tertiary/aromatic N) is 4. The standard InChI is InChI=1S/C25H27N7O8/c1-2-26-24(35)31-21-18-22(29-12-28-21)32(13-30-18)23-20-19(15(38-23)11-37-25(36)27-10-16(33)34)39-17(40-20)9-8-14-6-4-3-5-7-14/h3-9,12-13,15,17,19-20,23H,2,10-11H2,1H3,(H,27,36)(H,33,34)(H2,26,28,29,31,35)/b9-8+/t15?,17-,19?,20?,23?/m0/s1. The number of hydrogen-bond donors (Lipinski definition) is 4. The van der Waals surface area contributed by atoms with Crippen LogP contribution >= 0.6 is 0 Å². The molecule has 0 bridgehead atoms. The number of nitrogens with one attached hydrogen (secondary N) is 3. The number of amides is 3. The zero-order chi connectivity index (χ0) is 28.1. The van der Waals surface area contributed by atoms with Crippen LogP contribution in [0.25, 0.3) is 17.2 Å². The molecule has 2 aliphatic heterocycles. The number of imidazole rings is 1. The highest BCUT2D eigenvalue weighted by Crippen LogP contribution is 2.41. The predicted molar refractivity (Wildman–Crippen MR) is 138 cm³/mol. The number of carboxylic acid groups (broad SMARTS) is 1. The average Bonchev–Trinajstić information content (AvgIpc) is 3.64. The normalized spacial score (nSPS) is 23.7. The van der Waals surface area contributed by atoms with Gasteiger partial charge in [-0.25, -0.2) is 24.5 Å². The molecular weight excluding hydrogens is 526 g/mol. The molecule has 1 aromatic carbocycles. The van der Waals surface area contributed by atoms with Gasteiger partial charge in [-0.05, 0) is 18.6 Å². The molecule has 0 radical (unpaired) electrons. The number of aliphatic carboxylic acids is 1. The van der Waals surface area contributed by atoms with Crippen molar-refractivity contribution in [3.63, 3.8) is 0 Å². The molecule has 0 saturated carbocycles. The van der Waals surface area contributed by atoms with E-state index in [4.69, 9.17) is 24.1 Å². The second-order valence-electron chi connectivity index (χ2n) is 8.78. The number of carboxylic acids is 1. The fourth-order valence-corrected chi connectivity index (χ4v) is 4.36. The van der Waals surface area contributed by atoms with Crippen LogP contribution in [-0.2, 0) is 23.7 Å². The Labute approximate surface area is 227 Å². The number of rotatable bonds is 9. The maximum Gasteiger partial charge on any atom is 0.407 e. The number of hydrogen-bond acceptors (Lipinski definition) is 10. The van der Waals surface area contributed by atoms with Gasteiger partial charge in [0.1, 0.15) is 37.8 Å². The third-order valence-electron chi connectivity index (χ3n) is 6.08. The Morgan fingerprint density at radius 1 is 1.07 bits per heavy atom. The number of ether oxygens (including phenoxy) is 4. The van der Waals surface area contributed by atoms with E-state index in [1.165, 1.54) is 12.7 Å². The van der Waals surface area contributed by atoms with Crippen molar-refractivity contribution in [2.24, 2.45) is 0 Å². The van der Waals surface area contributed by atoms with E-state index in [2.05, 4.69) is 30.9 Å². The first-order chi connectivity index (χ1) is 19.4. The Kier molecular flexibility index (Phi) is 8.14. The summed E-state index contributed by atoms with van der Waals surface area (Å²) in [6.45, 7) is 1.41. The van der Waals surface area contributed by atoms with E-state index in [0.29, 0.717) is 17.7 Å². The first kappa shape index (κ1) is 27.0. The molecule has 15 nitrogen and oxygen atoms in total. The lowest BCUT2D eigenvalue weighted by atomic mass is 10.1. The van der Waals surface area contributed by atoms with E-state index in [1.54, 1.807) is 17.6 Å². The molecule has 2 aliphatic rings. The van der Waals surface area contributed by atoms with Gasteiger partial charge >= 0.3 is 18.1 Å². The number of fused-ring (bicyclic) bond motifs is 2. The van der Waals surface area contributed by atoms with Gasteiger partial charge in [-0.3, -0.25) is 14.7 Å². The minimum absolute atomic E-state index is 0.214. The Morgan fingerprint density at radius 2 is 1.88 bits per heavy atom. The molecule has 4 N–H and O–H groups in total. The second kappa shape index (κ2) is 12.1. The molecule has 0 aliphatic carbocycles. The summed E-state index contributed by atoms with van der Waals surface area (Å²) in [6.07, 6.45) is 1.96. The van der Waals surface area contributed by atoms with Crippen molar-refractivity contribution >= 4 is 41.2 Å². The molecule has 5 rings (SSSR count). The number of anilines is 1. The molecule has 15 heteroatoms. The molecule has 3 aromatic rings. The molecule has 5 atom stereocenters. The first-order valence-electron chi connectivity index (χ1n) is 12.5. The third kappa shape index (κ3) is 6.01. The van der Waals surface area contributed by atoms with Gasteiger partial charge in [0.15, 0.2) is 29.5 Å². The van der Waals surface area contributed by atoms with E-state index in [1.807, 2.05) is 36.4 Å². The Morgan fingerprint density at radius 3 is 2.65 bits per heavy atom. The van der Waals surface area contributed by atoms with Crippen LogP contribution in [0.4, 0.5) is 15.4 Å². The molecule has 0 spiro atoms. The summed E-state index contributed by atoms with van der Waals surface area (Å²) in [4.78, 5) is 47.6. The van der Waals surface area contributed by atoms with Gasteiger partial charge in [-0.2, -0.15) is 0 Å². The van der Waals surface area contributed by atoms with Crippen LogP contribution in [0.1, 0.15) is 18.7 Å². The monoisotopic (exact) mass is 553 g/mol. The molecule has 3 amide bonds. The summed E-state index contributed by atoms with van der Waals surface area (Å²) in [5, 5.41) is 16.2. The fourth-order valence-electron chi connectivity index (χ4n) is 4.36.